The number of aromatic hydroxyl groups is 1. The highest BCUT2D eigenvalue weighted by Gasteiger charge is 2.22. The Kier molecular flexibility index (Phi) is 2.81. The third kappa shape index (κ3) is 1.87. The molecule has 0 spiro atoms. The molecule has 1 aromatic carbocycles. The second-order valence-corrected chi connectivity index (χ2v) is 3.59. The number of nitrogens with zero attached hydrogens (tertiary/aromatic N) is 1. The fraction of sp³-hybridized carbons (Fsp3) is 0.100. The Hall–Kier alpha value is -1.95. The van der Waals surface area contributed by atoms with Gasteiger partial charge in [0.05, 0.1) is 17.7 Å². The zero-order valence-electron chi connectivity index (χ0n) is 8.70. The van der Waals surface area contributed by atoms with Crippen LogP contribution in [0.1, 0.15) is 0 Å². The first-order valence-electron chi connectivity index (χ1n) is 4.52. The molecule has 17 heavy (non-hydrogen) atoms. The maximum Gasteiger partial charge on any atom is 0.174 e. The molecule has 1 heterocycles. The van der Waals surface area contributed by atoms with E-state index in [9.17, 15) is 9.50 Å². The van der Waals surface area contributed by atoms with E-state index in [1.165, 1.54) is 13.2 Å². The van der Waals surface area contributed by atoms with Crippen molar-refractivity contribution in [2.24, 2.45) is 0 Å². The summed E-state index contributed by atoms with van der Waals surface area (Å²) in [6.45, 7) is 0. The van der Waals surface area contributed by atoms with Gasteiger partial charge in [-0.3, -0.25) is 0 Å². The molecule has 2 rings (SSSR count). The smallest absolute Gasteiger partial charge is 0.174 e. The Morgan fingerprint density at radius 3 is 2.76 bits per heavy atom. The van der Waals surface area contributed by atoms with Crippen LogP contribution < -0.4 is 10.5 Å². The van der Waals surface area contributed by atoms with Crippen LogP contribution in [0.15, 0.2) is 16.7 Å². The minimum Gasteiger partial charge on any atom is -0.504 e. The zero-order chi connectivity index (χ0) is 12.6. The first-order valence-corrected chi connectivity index (χ1v) is 4.90. The van der Waals surface area contributed by atoms with E-state index >= 15 is 0 Å². The van der Waals surface area contributed by atoms with Crippen molar-refractivity contribution < 1.29 is 18.8 Å². The minimum absolute atomic E-state index is 0.00690. The minimum atomic E-state index is -0.796. The molecule has 0 aliphatic carbocycles. The highest BCUT2D eigenvalue weighted by molar-refractivity contribution is 6.33. The maximum atomic E-state index is 13.4. The first-order chi connectivity index (χ1) is 8.04. The summed E-state index contributed by atoms with van der Waals surface area (Å²) in [7, 11) is 1.31. The van der Waals surface area contributed by atoms with Crippen LogP contribution in [0.5, 0.6) is 11.5 Å². The average molecular weight is 259 g/mol. The van der Waals surface area contributed by atoms with Gasteiger partial charge in [0, 0.05) is 12.1 Å². The Morgan fingerprint density at radius 2 is 2.24 bits per heavy atom. The fourth-order valence-corrected chi connectivity index (χ4v) is 1.66. The molecule has 0 unspecified atom stereocenters. The predicted octanol–water partition coefficient (Wildman–Crippen LogP) is 2.43. The van der Waals surface area contributed by atoms with Gasteiger partial charge < -0.3 is 20.1 Å². The monoisotopic (exact) mass is 258 g/mol. The molecule has 0 bridgehead atoms. The highest BCUT2D eigenvalue weighted by Crippen LogP contribution is 2.44. The molecule has 0 saturated heterocycles. The quantitative estimate of drug-likeness (QED) is 0.865. The van der Waals surface area contributed by atoms with E-state index in [1.54, 1.807) is 0 Å². The molecule has 0 atom stereocenters. The Bertz CT molecular complexity index is 571. The molecule has 0 aliphatic heterocycles. The molecule has 1 aromatic heterocycles. The SMILES string of the molecule is COc1c(O)cc(F)c(Cl)c1-c1cc(N)no1. The summed E-state index contributed by atoms with van der Waals surface area (Å²) >= 11 is 5.80. The van der Waals surface area contributed by atoms with Crippen molar-refractivity contribution in [2.45, 2.75) is 0 Å². The van der Waals surface area contributed by atoms with Gasteiger partial charge in [-0.1, -0.05) is 16.8 Å². The number of nitrogens with two attached hydrogens (primary N) is 1. The van der Waals surface area contributed by atoms with Crippen LogP contribution in [0.25, 0.3) is 11.3 Å². The molecule has 2 aromatic rings. The summed E-state index contributed by atoms with van der Waals surface area (Å²) in [4.78, 5) is 0. The standard InChI is InChI=1S/C10H8ClFN2O3/c1-16-10-5(15)2-4(12)9(11)8(10)6-3-7(13)14-17-6/h2-3,15H,1H3,(H2,13,14). The largest absolute Gasteiger partial charge is 0.504 e. The Morgan fingerprint density at radius 1 is 1.53 bits per heavy atom. The molecule has 90 valence electrons. The lowest BCUT2D eigenvalue weighted by molar-refractivity contribution is 0.369. The number of anilines is 1. The van der Waals surface area contributed by atoms with Crippen molar-refractivity contribution in [1.82, 2.24) is 5.16 Å². The van der Waals surface area contributed by atoms with E-state index < -0.39 is 5.82 Å². The Balaban J connectivity index is 2.74. The van der Waals surface area contributed by atoms with Crippen LogP contribution in [-0.2, 0) is 0 Å². The number of benzene rings is 1. The second kappa shape index (κ2) is 4.14. The number of rotatable bonds is 2. The molecule has 5 nitrogen and oxygen atoms in total. The van der Waals surface area contributed by atoms with Crippen molar-refractivity contribution in [2.75, 3.05) is 12.8 Å². The topological polar surface area (TPSA) is 81.5 Å². The number of ether oxygens (including phenoxy) is 1. The number of methoxy groups -OCH3 is 1. The molecule has 0 amide bonds. The van der Waals surface area contributed by atoms with Crippen LogP contribution in [0.3, 0.4) is 0 Å². The van der Waals surface area contributed by atoms with Gasteiger partial charge in [0.1, 0.15) is 5.82 Å². The third-order valence-electron chi connectivity index (χ3n) is 2.13. The van der Waals surface area contributed by atoms with Gasteiger partial charge in [0.2, 0.25) is 0 Å². The van der Waals surface area contributed by atoms with Crippen molar-refractivity contribution in [3.05, 3.63) is 23.0 Å². The lowest BCUT2D eigenvalue weighted by Crippen LogP contribution is -1.92. The van der Waals surface area contributed by atoms with Crippen LogP contribution in [0.4, 0.5) is 10.2 Å². The Labute approximate surface area is 101 Å². The lowest BCUT2D eigenvalue weighted by Gasteiger charge is -2.10. The van der Waals surface area contributed by atoms with E-state index in [4.69, 9.17) is 26.6 Å². The number of nitrogen functional groups attached to an aromatic ring is 1. The lowest BCUT2D eigenvalue weighted by atomic mass is 10.1. The molecule has 0 saturated carbocycles. The summed E-state index contributed by atoms with van der Waals surface area (Å²) in [6, 6.07) is 2.20. The molecule has 7 heteroatoms. The summed E-state index contributed by atoms with van der Waals surface area (Å²) in [6.07, 6.45) is 0. The van der Waals surface area contributed by atoms with Gasteiger partial charge in [-0.25, -0.2) is 4.39 Å². The second-order valence-electron chi connectivity index (χ2n) is 3.22. The van der Waals surface area contributed by atoms with Gasteiger partial charge in [0.25, 0.3) is 0 Å². The normalized spacial score (nSPS) is 10.5. The zero-order valence-corrected chi connectivity index (χ0v) is 9.45. The van der Waals surface area contributed by atoms with Gasteiger partial charge in [-0.15, -0.1) is 0 Å². The molecular weight excluding hydrogens is 251 g/mol. The van der Waals surface area contributed by atoms with E-state index in [1.807, 2.05) is 0 Å². The van der Waals surface area contributed by atoms with Gasteiger partial charge in [-0.05, 0) is 0 Å². The number of hydrogen-bond donors (Lipinski definition) is 2. The van der Waals surface area contributed by atoms with E-state index in [2.05, 4.69) is 5.16 Å². The number of hydrogen-bond acceptors (Lipinski definition) is 5. The van der Waals surface area contributed by atoms with E-state index in [0.29, 0.717) is 0 Å². The van der Waals surface area contributed by atoms with Crippen molar-refractivity contribution in [1.29, 1.82) is 0 Å². The van der Waals surface area contributed by atoms with Gasteiger partial charge in [0.15, 0.2) is 23.1 Å². The predicted molar refractivity (Wildman–Crippen MR) is 59.5 cm³/mol. The maximum absolute atomic E-state index is 13.4. The molecule has 0 radical (unpaired) electrons. The number of aromatic nitrogens is 1. The summed E-state index contributed by atoms with van der Waals surface area (Å²) < 4.78 is 23.2. The highest BCUT2D eigenvalue weighted by atomic mass is 35.5. The third-order valence-corrected chi connectivity index (χ3v) is 2.50. The first kappa shape index (κ1) is 11.5. The fourth-order valence-electron chi connectivity index (χ4n) is 1.43. The van der Waals surface area contributed by atoms with Crippen molar-refractivity contribution in [3.63, 3.8) is 0 Å². The van der Waals surface area contributed by atoms with Crippen molar-refractivity contribution in [3.8, 4) is 22.8 Å². The van der Waals surface area contributed by atoms with Crippen LogP contribution in [0, 0.1) is 5.82 Å². The number of phenols is 1. The number of phenolic OH excluding ortho intramolecular Hbond substituents is 1. The van der Waals surface area contributed by atoms with Gasteiger partial charge >= 0.3 is 0 Å². The molecular formula is C10H8ClFN2O3. The molecule has 3 N–H and O–H groups in total. The van der Waals surface area contributed by atoms with Crippen LogP contribution >= 0.6 is 11.6 Å². The van der Waals surface area contributed by atoms with E-state index in [-0.39, 0.29) is 33.7 Å². The molecule has 0 aliphatic rings. The number of halogens is 2. The van der Waals surface area contributed by atoms with E-state index in [0.717, 1.165) is 6.07 Å². The van der Waals surface area contributed by atoms with Gasteiger partial charge in [-0.2, -0.15) is 0 Å². The van der Waals surface area contributed by atoms with Crippen LogP contribution in [-0.4, -0.2) is 17.4 Å². The average Bonchev–Trinajstić information content (AvgIpc) is 2.69. The van der Waals surface area contributed by atoms with Crippen molar-refractivity contribution >= 4 is 17.4 Å². The molecule has 0 fully saturated rings. The summed E-state index contributed by atoms with van der Waals surface area (Å²) in [5.41, 5.74) is 5.45. The van der Waals surface area contributed by atoms with Crippen LogP contribution in [0.2, 0.25) is 5.02 Å². The summed E-state index contributed by atoms with van der Waals surface area (Å²) in [5.74, 6) is -0.970. The summed E-state index contributed by atoms with van der Waals surface area (Å²) in [5, 5.41) is 12.8.